The Morgan fingerprint density at radius 3 is 2.06 bits per heavy atom. The van der Waals surface area contributed by atoms with Crippen LogP contribution in [0.5, 0.6) is 11.5 Å². The second kappa shape index (κ2) is 10.9. The van der Waals surface area contributed by atoms with E-state index in [1.165, 1.54) is 11.1 Å². The summed E-state index contributed by atoms with van der Waals surface area (Å²) < 4.78 is 11.2. The van der Waals surface area contributed by atoms with Crippen LogP contribution in [0.15, 0.2) is 72.8 Å². The Morgan fingerprint density at radius 2 is 1.40 bits per heavy atom. The van der Waals surface area contributed by atoms with Crippen LogP contribution in [0.4, 0.5) is 5.69 Å². The second-order valence-corrected chi connectivity index (χ2v) is 9.35. The van der Waals surface area contributed by atoms with Gasteiger partial charge < -0.3 is 14.8 Å². The van der Waals surface area contributed by atoms with Crippen molar-refractivity contribution in [2.24, 2.45) is 0 Å². The normalized spacial score (nSPS) is 17.1. The Morgan fingerprint density at radius 1 is 0.800 bits per heavy atom. The lowest BCUT2D eigenvalue weighted by Gasteiger charge is -2.34. The highest BCUT2D eigenvalue weighted by atomic mass is 16.6. The number of ether oxygens (including phenoxy) is 2. The molecule has 0 bridgehead atoms. The molecule has 0 saturated carbocycles. The predicted molar refractivity (Wildman–Crippen MR) is 138 cm³/mol. The van der Waals surface area contributed by atoms with Crippen molar-refractivity contribution in [3.8, 4) is 11.5 Å². The lowest BCUT2D eigenvalue weighted by Crippen LogP contribution is -2.45. The monoisotopic (exact) mass is 471 g/mol. The molecule has 2 aliphatic rings. The van der Waals surface area contributed by atoms with Gasteiger partial charge in [0, 0.05) is 45.0 Å². The highest BCUT2D eigenvalue weighted by Crippen LogP contribution is 2.33. The maximum Gasteiger partial charge on any atom is 0.231 e. The second-order valence-electron chi connectivity index (χ2n) is 9.35. The number of piperazine rings is 1. The molecule has 6 nitrogen and oxygen atoms in total. The fourth-order valence-corrected chi connectivity index (χ4v) is 4.63. The van der Waals surface area contributed by atoms with E-state index in [-0.39, 0.29) is 11.8 Å². The molecule has 5 rings (SSSR count). The van der Waals surface area contributed by atoms with Crippen molar-refractivity contribution in [2.45, 2.75) is 25.9 Å². The van der Waals surface area contributed by atoms with E-state index in [2.05, 4.69) is 57.6 Å². The smallest absolute Gasteiger partial charge is 0.231 e. The van der Waals surface area contributed by atoms with Gasteiger partial charge in [-0.25, -0.2) is 0 Å². The quantitative estimate of drug-likeness (QED) is 0.549. The molecule has 1 unspecified atom stereocenters. The van der Waals surface area contributed by atoms with E-state index in [1.807, 2.05) is 37.3 Å². The summed E-state index contributed by atoms with van der Waals surface area (Å²) >= 11 is 0. The molecule has 1 N–H and O–H groups in total. The maximum atomic E-state index is 12.8. The molecule has 0 aliphatic carbocycles. The molecular weight excluding hydrogens is 438 g/mol. The average Bonchev–Trinajstić information content (AvgIpc) is 2.91. The lowest BCUT2D eigenvalue weighted by atomic mass is 9.99. The van der Waals surface area contributed by atoms with Gasteiger partial charge in [0.1, 0.15) is 13.2 Å². The van der Waals surface area contributed by atoms with Gasteiger partial charge in [-0.1, -0.05) is 48.5 Å². The summed E-state index contributed by atoms with van der Waals surface area (Å²) in [4.78, 5) is 17.9. The first-order chi connectivity index (χ1) is 17.1. The van der Waals surface area contributed by atoms with Gasteiger partial charge in [-0.15, -0.1) is 0 Å². The molecule has 3 aromatic carbocycles. The minimum absolute atomic E-state index is 0.0380. The lowest BCUT2D eigenvalue weighted by molar-refractivity contribution is -0.117. The van der Waals surface area contributed by atoms with E-state index in [4.69, 9.17) is 9.47 Å². The number of amides is 1. The molecule has 6 heteroatoms. The number of carbonyl (C=O) groups excluding carboxylic acids is 1. The number of carbonyl (C=O) groups is 1. The molecule has 2 heterocycles. The standard InChI is InChI=1S/C29H33N3O3/c1-22(25-9-12-27-28(19-25)35-18-17-34-27)29(33)30-26-10-7-24(8-11-26)21-32-15-13-31(14-16-32)20-23-5-3-2-4-6-23/h2-12,19,22H,13-18,20-21H2,1H3,(H,30,33). The van der Waals surface area contributed by atoms with Crippen LogP contribution < -0.4 is 14.8 Å². The summed E-state index contributed by atoms with van der Waals surface area (Å²) in [5.74, 6) is 1.11. The van der Waals surface area contributed by atoms with Gasteiger partial charge in [-0.05, 0) is 47.9 Å². The molecule has 0 aromatic heterocycles. The van der Waals surface area contributed by atoms with E-state index in [0.717, 1.165) is 56.3 Å². The van der Waals surface area contributed by atoms with Crippen molar-refractivity contribution in [3.63, 3.8) is 0 Å². The topological polar surface area (TPSA) is 54.0 Å². The minimum atomic E-state index is -0.294. The van der Waals surface area contributed by atoms with Crippen LogP contribution >= 0.6 is 0 Å². The van der Waals surface area contributed by atoms with Crippen LogP contribution in [0.3, 0.4) is 0 Å². The molecule has 35 heavy (non-hydrogen) atoms. The zero-order chi connectivity index (χ0) is 24.0. The van der Waals surface area contributed by atoms with Gasteiger partial charge in [0.05, 0.1) is 5.92 Å². The van der Waals surface area contributed by atoms with Gasteiger partial charge in [0.2, 0.25) is 5.91 Å². The molecular formula is C29H33N3O3. The zero-order valence-electron chi connectivity index (χ0n) is 20.3. The van der Waals surface area contributed by atoms with Crippen LogP contribution in [0.25, 0.3) is 0 Å². The molecule has 1 amide bonds. The third kappa shape index (κ3) is 6.02. The summed E-state index contributed by atoms with van der Waals surface area (Å²) in [6, 6.07) is 24.6. The van der Waals surface area contributed by atoms with Crippen molar-refractivity contribution >= 4 is 11.6 Å². The first-order valence-electron chi connectivity index (χ1n) is 12.4. The number of hydrogen-bond acceptors (Lipinski definition) is 5. The molecule has 1 saturated heterocycles. The first kappa shape index (κ1) is 23.4. The SMILES string of the molecule is CC(C(=O)Nc1ccc(CN2CCN(Cc3ccccc3)CC2)cc1)c1ccc2c(c1)OCCO2. The number of nitrogens with one attached hydrogen (secondary N) is 1. The number of anilines is 1. The van der Waals surface area contributed by atoms with Crippen molar-refractivity contribution in [1.82, 2.24) is 9.80 Å². The highest BCUT2D eigenvalue weighted by molar-refractivity contribution is 5.95. The number of benzene rings is 3. The van der Waals surface area contributed by atoms with Crippen molar-refractivity contribution < 1.29 is 14.3 Å². The van der Waals surface area contributed by atoms with Gasteiger partial charge in [0.25, 0.3) is 0 Å². The molecule has 3 aromatic rings. The minimum Gasteiger partial charge on any atom is -0.486 e. The Kier molecular flexibility index (Phi) is 7.31. The summed E-state index contributed by atoms with van der Waals surface area (Å²) in [5, 5.41) is 3.05. The summed E-state index contributed by atoms with van der Waals surface area (Å²) in [7, 11) is 0. The Hall–Kier alpha value is -3.35. The van der Waals surface area contributed by atoms with E-state index >= 15 is 0 Å². The Labute approximate surface area is 207 Å². The third-order valence-electron chi connectivity index (χ3n) is 6.80. The number of nitrogens with zero attached hydrogens (tertiary/aromatic N) is 2. The van der Waals surface area contributed by atoms with Crippen LogP contribution in [0.1, 0.15) is 29.5 Å². The number of fused-ring (bicyclic) bond motifs is 1. The predicted octanol–water partition coefficient (Wildman–Crippen LogP) is 4.52. The van der Waals surface area contributed by atoms with Gasteiger partial charge in [-0.3, -0.25) is 14.6 Å². The van der Waals surface area contributed by atoms with Crippen LogP contribution in [0, 0.1) is 0 Å². The van der Waals surface area contributed by atoms with E-state index in [9.17, 15) is 4.79 Å². The molecule has 1 atom stereocenters. The number of rotatable bonds is 7. The van der Waals surface area contributed by atoms with Crippen molar-refractivity contribution in [1.29, 1.82) is 0 Å². The Balaban J connectivity index is 1.10. The van der Waals surface area contributed by atoms with E-state index in [0.29, 0.717) is 19.0 Å². The first-order valence-corrected chi connectivity index (χ1v) is 12.4. The zero-order valence-corrected chi connectivity index (χ0v) is 20.3. The third-order valence-corrected chi connectivity index (χ3v) is 6.80. The molecule has 182 valence electrons. The van der Waals surface area contributed by atoms with Gasteiger partial charge in [0.15, 0.2) is 11.5 Å². The van der Waals surface area contributed by atoms with Crippen LogP contribution in [-0.2, 0) is 17.9 Å². The fourth-order valence-electron chi connectivity index (χ4n) is 4.63. The average molecular weight is 472 g/mol. The highest BCUT2D eigenvalue weighted by Gasteiger charge is 2.20. The fraction of sp³-hybridized carbons (Fsp3) is 0.345. The van der Waals surface area contributed by atoms with Gasteiger partial charge in [-0.2, -0.15) is 0 Å². The number of hydrogen-bond donors (Lipinski definition) is 1. The van der Waals surface area contributed by atoms with Gasteiger partial charge >= 0.3 is 0 Å². The summed E-state index contributed by atoms with van der Waals surface area (Å²) in [5.41, 5.74) is 4.37. The largest absolute Gasteiger partial charge is 0.486 e. The molecule has 0 spiro atoms. The van der Waals surface area contributed by atoms with Crippen molar-refractivity contribution in [3.05, 3.63) is 89.5 Å². The van der Waals surface area contributed by atoms with Crippen molar-refractivity contribution in [2.75, 3.05) is 44.7 Å². The van der Waals surface area contributed by atoms with Crippen LogP contribution in [-0.4, -0.2) is 55.1 Å². The summed E-state index contributed by atoms with van der Waals surface area (Å²) in [6.07, 6.45) is 0. The maximum absolute atomic E-state index is 12.8. The Bertz CT molecular complexity index is 1130. The summed E-state index contributed by atoms with van der Waals surface area (Å²) in [6.45, 7) is 9.26. The molecule has 2 aliphatic heterocycles. The molecule has 0 radical (unpaired) electrons. The molecule has 1 fully saturated rings. The van der Waals surface area contributed by atoms with E-state index < -0.39 is 0 Å². The van der Waals surface area contributed by atoms with Crippen LogP contribution in [0.2, 0.25) is 0 Å². The van der Waals surface area contributed by atoms with E-state index in [1.54, 1.807) is 0 Å².